The summed E-state index contributed by atoms with van der Waals surface area (Å²) in [4.78, 5) is 13.0. The van der Waals surface area contributed by atoms with E-state index in [1.165, 1.54) is 4.90 Å². The van der Waals surface area contributed by atoms with Crippen LogP contribution < -0.4 is 0 Å². The lowest BCUT2D eigenvalue weighted by atomic mass is 9.96. The Hall–Kier alpha value is -1.82. The fourth-order valence-electron chi connectivity index (χ4n) is 1.39. The van der Waals surface area contributed by atoms with E-state index in [9.17, 15) is 4.79 Å². The Morgan fingerprint density at radius 2 is 1.94 bits per heavy atom. The van der Waals surface area contributed by atoms with Crippen molar-refractivity contribution in [3.8, 4) is 6.07 Å². The van der Waals surface area contributed by atoms with Crippen LogP contribution in [0.15, 0.2) is 24.3 Å². The molecule has 0 aliphatic heterocycles. The number of nitriles is 1. The van der Waals surface area contributed by atoms with Crippen LogP contribution in [0.2, 0.25) is 0 Å². The maximum absolute atomic E-state index is 11.5. The molecule has 3 nitrogen and oxygen atoms in total. The van der Waals surface area contributed by atoms with Crippen LogP contribution in [0.5, 0.6) is 0 Å². The zero-order valence-electron chi connectivity index (χ0n) is 9.90. The molecule has 0 spiro atoms. The van der Waals surface area contributed by atoms with Gasteiger partial charge >= 0.3 is 0 Å². The summed E-state index contributed by atoms with van der Waals surface area (Å²) in [5.41, 5.74) is 2.06. The number of nitrogens with zero attached hydrogens (tertiary/aromatic N) is 2. The third-order valence-corrected chi connectivity index (χ3v) is 2.51. The Morgan fingerprint density at radius 1 is 1.38 bits per heavy atom. The molecule has 16 heavy (non-hydrogen) atoms. The normalized spacial score (nSPS) is 11.6. The molecule has 0 bridgehead atoms. The minimum atomic E-state index is -0.351. The summed E-state index contributed by atoms with van der Waals surface area (Å²) < 4.78 is 0. The molecule has 0 heterocycles. The summed E-state index contributed by atoms with van der Waals surface area (Å²) in [6, 6.07) is 9.91. The Bertz CT molecular complexity index is 401. The first-order chi connectivity index (χ1) is 7.54. The molecule has 0 radical (unpaired) electrons. The van der Waals surface area contributed by atoms with E-state index in [1.807, 2.05) is 31.2 Å². The number of rotatable bonds is 3. The van der Waals surface area contributed by atoms with Gasteiger partial charge in [-0.05, 0) is 12.5 Å². The zero-order valence-corrected chi connectivity index (χ0v) is 9.90. The lowest BCUT2D eigenvalue weighted by Gasteiger charge is -2.13. The second-order valence-corrected chi connectivity index (χ2v) is 4.08. The first-order valence-electron chi connectivity index (χ1n) is 5.21. The molecular weight excluding hydrogens is 200 g/mol. The SMILES string of the molecule is Cc1ccc(C(C#N)CC(=O)N(C)C)cc1. The van der Waals surface area contributed by atoms with Gasteiger partial charge in [-0.15, -0.1) is 0 Å². The summed E-state index contributed by atoms with van der Waals surface area (Å²) in [5, 5.41) is 9.06. The smallest absolute Gasteiger partial charge is 0.223 e. The van der Waals surface area contributed by atoms with Gasteiger partial charge in [0.2, 0.25) is 5.91 Å². The molecular formula is C13H16N2O. The third-order valence-electron chi connectivity index (χ3n) is 2.51. The van der Waals surface area contributed by atoms with Gasteiger partial charge < -0.3 is 4.90 Å². The number of hydrogen-bond acceptors (Lipinski definition) is 2. The van der Waals surface area contributed by atoms with Crippen molar-refractivity contribution in [3.05, 3.63) is 35.4 Å². The second kappa shape index (κ2) is 5.32. The molecule has 1 amide bonds. The number of amides is 1. The minimum Gasteiger partial charge on any atom is -0.349 e. The Balaban J connectivity index is 2.80. The van der Waals surface area contributed by atoms with Crippen LogP contribution in [0.4, 0.5) is 0 Å². The molecule has 1 atom stereocenters. The minimum absolute atomic E-state index is 0.0212. The largest absolute Gasteiger partial charge is 0.349 e. The molecule has 0 saturated carbocycles. The van der Waals surface area contributed by atoms with Gasteiger partial charge in [-0.25, -0.2) is 0 Å². The summed E-state index contributed by atoms with van der Waals surface area (Å²) in [6.45, 7) is 2.00. The third kappa shape index (κ3) is 3.09. The maximum atomic E-state index is 11.5. The van der Waals surface area contributed by atoms with E-state index >= 15 is 0 Å². The predicted octanol–water partition coefficient (Wildman–Crippen LogP) is 2.08. The van der Waals surface area contributed by atoms with Crippen LogP contribution in [0.25, 0.3) is 0 Å². The zero-order chi connectivity index (χ0) is 12.1. The van der Waals surface area contributed by atoms with Crippen LogP contribution in [-0.2, 0) is 4.79 Å². The summed E-state index contributed by atoms with van der Waals surface area (Å²) in [5.74, 6) is -0.373. The van der Waals surface area contributed by atoms with E-state index in [1.54, 1.807) is 14.1 Å². The van der Waals surface area contributed by atoms with Crippen LogP contribution in [0.3, 0.4) is 0 Å². The first-order valence-corrected chi connectivity index (χ1v) is 5.21. The molecule has 84 valence electrons. The van der Waals surface area contributed by atoms with Gasteiger partial charge in [0.15, 0.2) is 0 Å². The van der Waals surface area contributed by atoms with Crippen LogP contribution in [-0.4, -0.2) is 24.9 Å². The maximum Gasteiger partial charge on any atom is 0.223 e. The van der Waals surface area contributed by atoms with Crippen molar-refractivity contribution in [3.63, 3.8) is 0 Å². The van der Waals surface area contributed by atoms with Crippen molar-refractivity contribution < 1.29 is 4.79 Å². The van der Waals surface area contributed by atoms with Crippen molar-refractivity contribution in [1.29, 1.82) is 5.26 Å². The molecule has 0 fully saturated rings. The van der Waals surface area contributed by atoms with Crippen molar-refractivity contribution >= 4 is 5.91 Å². The number of benzene rings is 1. The van der Waals surface area contributed by atoms with E-state index in [0.29, 0.717) is 0 Å². The highest BCUT2D eigenvalue weighted by Crippen LogP contribution is 2.19. The van der Waals surface area contributed by atoms with Crippen LogP contribution >= 0.6 is 0 Å². The Morgan fingerprint density at radius 3 is 2.38 bits per heavy atom. The Labute approximate surface area is 96.3 Å². The number of hydrogen-bond donors (Lipinski definition) is 0. The summed E-state index contributed by atoms with van der Waals surface area (Å²) in [7, 11) is 3.40. The molecule has 0 saturated heterocycles. The topological polar surface area (TPSA) is 44.1 Å². The van der Waals surface area contributed by atoms with Gasteiger partial charge in [0.05, 0.1) is 12.0 Å². The van der Waals surface area contributed by atoms with E-state index in [0.717, 1.165) is 11.1 Å². The highest BCUT2D eigenvalue weighted by Gasteiger charge is 2.16. The number of carbonyl (C=O) groups is 1. The summed E-state index contributed by atoms with van der Waals surface area (Å²) >= 11 is 0. The lowest BCUT2D eigenvalue weighted by molar-refractivity contribution is -0.128. The summed E-state index contributed by atoms with van der Waals surface area (Å²) in [6.07, 6.45) is 0.243. The molecule has 3 heteroatoms. The standard InChI is InChI=1S/C13H16N2O/c1-10-4-6-11(7-5-10)12(9-14)8-13(16)15(2)3/h4-7,12H,8H2,1-3H3. The van der Waals surface area contributed by atoms with Crippen molar-refractivity contribution in [2.45, 2.75) is 19.3 Å². The van der Waals surface area contributed by atoms with Crippen molar-refractivity contribution in [1.82, 2.24) is 4.90 Å². The van der Waals surface area contributed by atoms with Gasteiger partial charge in [0.25, 0.3) is 0 Å². The quantitative estimate of drug-likeness (QED) is 0.776. The molecule has 1 aromatic carbocycles. The fourth-order valence-corrected chi connectivity index (χ4v) is 1.39. The molecule has 1 rings (SSSR count). The van der Waals surface area contributed by atoms with Crippen LogP contribution in [0, 0.1) is 18.3 Å². The molecule has 0 N–H and O–H groups in total. The van der Waals surface area contributed by atoms with Gasteiger partial charge in [0, 0.05) is 20.5 Å². The monoisotopic (exact) mass is 216 g/mol. The van der Waals surface area contributed by atoms with Crippen molar-refractivity contribution in [2.75, 3.05) is 14.1 Å². The fraction of sp³-hybridized carbons (Fsp3) is 0.385. The van der Waals surface area contributed by atoms with E-state index in [4.69, 9.17) is 5.26 Å². The highest BCUT2D eigenvalue weighted by molar-refractivity contribution is 5.77. The van der Waals surface area contributed by atoms with Gasteiger partial charge in [0.1, 0.15) is 0 Å². The average molecular weight is 216 g/mol. The number of aryl methyl sites for hydroxylation is 1. The molecule has 1 aromatic rings. The first kappa shape index (κ1) is 12.3. The Kier molecular flexibility index (Phi) is 4.07. The average Bonchev–Trinajstić information content (AvgIpc) is 2.26. The lowest BCUT2D eigenvalue weighted by Crippen LogP contribution is -2.23. The van der Waals surface area contributed by atoms with E-state index in [-0.39, 0.29) is 18.2 Å². The van der Waals surface area contributed by atoms with Crippen molar-refractivity contribution in [2.24, 2.45) is 0 Å². The molecule has 0 aromatic heterocycles. The number of carbonyl (C=O) groups excluding carboxylic acids is 1. The predicted molar refractivity (Wildman–Crippen MR) is 62.8 cm³/mol. The van der Waals surface area contributed by atoms with E-state index < -0.39 is 0 Å². The van der Waals surface area contributed by atoms with E-state index in [2.05, 4.69) is 6.07 Å². The van der Waals surface area contributed by atoms with Gasteiger partial charge in [-0.1, -0.05) is 29.8 Å². The van der Waals surface area contributed by atoms with Gasteiger partial charge in [-0.2, -0.15) is 5.26 Å². The second-order valence-electron chi connectivity index (χ2n) is 4.08. The molecule has 0 aliphatic carbocycles. The highest BCUT2D eigenvalue weighted by atomic mass is 16.2. The molecule has 1 unspecified atom stereocenters. The molecule has 0 aliphatic rings. The van der Waals surface area contributed by atoms with Gasteiger partial charge in [-0.3, -0.25) is 4.79 Å². The van der Waals surface area contributed by atoms with Crippen LogP contribution in [0.1, 0.15) is 23.5 Å².